The summed E-state index contributed by atoms with van der Waals surface area (Å²) in [5, 5.41) is 7.34. The molecular formula is C14H21NOS. The van der Waals surface area contributed by atoms with E-state index in [-0.39, 0.29) is 5.41 Å². The van der Waals surface area contributed by atoms with Gasteiger partial charge >= 0.3 is 0 Å². The lowest BCUT2D eigenvalue weighted by Crippen LogP contribution is -2.33. The van der Waals surface area contributed by atoms with E-state index in [0.717, 1.165) is 37.9 Å². The highest BCUT2D eigenvalue weighted by Crippen LogP contribution is 2.36. The van der Waals surface area contributed by atoms with E-state index >= 15 is 0 Å². The summed E-state index contributed by atoms with van der Waals surface area (Å²) in [5.74, 6) is 1.02. The zero-order valence-electron chi connectivity index (χ0n) is 10.7. The largest absolute Gasteiger partial charge is 0.316 e. The second kappa shape index (κ2) is 5.32. The van der Waals surface area contributed by atoms with E-state index in [9.17, 15) is 4.79 Å². The van der Waals surface area contributed by atoms with E-state index in [2.05, 4.69) is 19.2 Å². The van der Waals surface area contributed by atoms with Crippen LogP contribution in [-0.4, -0.2) is 18.9 Å². The first kappa shape index (κ1) is 12.8. The molecule has 1 aliphatic heterocycles. The molecule has 17 heavy (non-hydrogen) atoms. The Bertz CT molecular complexity index is 364. The first-order chi connectivity index (χ1) is 8.14. The van der Waals surface area contributed by atoms with E-state index in [1.807, 2.05) is 16.8 Å². The van der Waals surface area contributed by atoms with Gasteiger partial charge < -0.3 is 5.32 Å². The Hall–Kier alpha value is -0.670. The maximum atomic E-state index is 12.6. The number of hydrogen-bond acceptors (Lipinski definition) is 3. The smallest absolute Gasteiger partial charge is 0.171 e. The predicted octanol–water partition coefficient (Wildman–Crippen LogP) is 3.35. The molecule has 1 aromatic rings. The van der Waals surface area contributed by atoms with Crippen molar-refractivity contribution >= 4 is 17.1 Å². The highest BCUT2D eigenvalue weighted by molar-refractivity contribution is 7.08. The van der Waals surface area contributed by atoms with Gasteiger partial charge in [0, 0.05) is 22.9 Å². The third-order valence-electron chi connectivity index (χ3n) is 3.71. The highest BCUT2D eigenvalue weighted by atomic mass is 32.1. The molecule has 1 aromatic heterocycles. The van der Waals surface area contributed by atoms with Crippen LogP contribution < -0.4 is 5.32 Å². The molecule has 2 rings (SSSR count). The fourth-order valence-corrected chi connectivity index (χ4v) is 3.17. The van der Waals surface area contributed by atoms with Gasteiger partial charge in [0.05, 0.1) is 0 Å². The third kappa shape index (κ3) is 2.78. The Morgan fingerprint density at radius 2 is 2.41 bits per heavy atom. The molecule has 3 heteroatoms. The van der Waals surface area contributed by atoms with Crippen LogP contribution in [0.15, 0.2) is 16.8 Å². The molecule has 2 heterocycles. The van der Waals surface area contributed by atoms with Gasteiger partial charge in [-0.2, -0.15) is 11.3 Å². The average molecular weight is 251 g/mol. The van der Waals surface area contributed by atoms with Crippen LogP contribution in [0.5, 0.6) is 0 Å². The average Bonchev–Trinajstić information content (AvgIpc) is 2.98. The van der Waals surface area contributed by atoms with Gasteiger partial charge in [0.15, 0.2) is 5.78 Å². The topological polar surface area (TPSA) is 29.1 Å². The van der Waals surface area contributed by atoms with Crippen LogP contribution in [-0.2, 0) is 0 Å². The molecule has 0 bridgehead atoms. The van der Waals surface area contributed by atoms with Crippen LogP contribution in [0.2, 0.25) is 0 Å². The predicted molar refractivity (Wildman–Crippen MR) is 72.6 cm³/mol. The molecule has 0 aromatic carbocycles. The lowest BCUT2D eigenvalue weighted by atomic mass is 9.75. The summed E-state index contributed by atoms with van der Waals surface area (Å²) in [7, 11) is 0. The number of ketones is 1. The summed E-state index contributed by atoms with van der Waals surface area (Å²) in [5.41, 5.74) is 0.771. The molecule has 94 valence electrons. The second-order valence-corrected chi connectivity index (χ2v) is 6.26. The lowest BCUT2D eigenvalue weighted by Gasteiger charge is -2.27. The van der Waals surface area contributed by atoms with Crippen LogP contribution in [0.25, 0.3) is 0 Å². The molecule has 0 amide bonds. The lowest BCUT2D eigenvalue weighted by molar-refractivity contribution is 0.0795. The number of hydrogen-bond donors (Lipinski definition) is 1. The Labute approximate surface area is 107 Å². The minimum absolute atomic E-state index is 0.134. The van der Waals surface area contributed by atoms with Gasteiger partial charge in [0.25, 0.3) is 0 Å². The Kier molecular flexibility index (Phi) is 4.00. The zero-order valence-corrected chi connectivity index (χ0v) is 11.5. The van der Waals surface area contributed by atoms with Crippen molar-refractivity contribution in [2.45, 2.75) is 33.1 Å². The number of Topliss-reactive ketones (excluding diaryl/α,β-unsaturated/α-hetero) is 1. The maximum absolute atomic E-state index is 12.6. The van der Waals surface area contributed by atoms with E-state index in [1.165, 1.54) is 0 Å². The van der Waals surface area contributed by atoms with Crippen LogP contribution in [0.4, 0.5) is 0 Å². The monoisotopic (exact) mass is 251 g/mol. The Balaban J connectivity index is 2.13. The first-order valence-electron chi connectivity index (χ1n) is 6.42. The summed E-state index contributed by atoms with van der Waals surface area (Å²) in [6, 6.07) is 1.96. The van der Waals surface area contributed by atoms with Gasteiger partial charge in [0.1, 0.15) is 0 Å². The van der Waals surface area contributed by atoms with Crippen LogP contribution >= 0.6 is 11.3 Å². The molecule has 1 unspecified atom stereocenters. The SMILES string of the molecule is CC(C)CCC1(C(=O)c2ccsc2)CCNC1. The van der Waals surface area contributed by atoms with Gasteiger partial charge in [-0.3, -0.25) is 4.79 Å². The van der Waals surface area contributed by atoms with E-state index < -0.39 is 0 Å². The molecule has 1 saturated heterocycles. The molecule has 2 nitrogen and oxygen atoms in total. The van der Waals surface area contributed by atoms with E-state index in [4.69, 9.17) is 0 Å². The van der Waals surface area contributed by atoms with Crippen molar-refractivity contribution in [1.82, 2.24) is 5.32 Å². The number of rotatable bonds is 5. The van der Waals surface area contributed by atoms with E-state index in [1.54, 1.807) is 11.3 Å². The Morgan fingerprint density at radius 1 is 1.59 bits per heavy atom. The summed E-state index contributed by atoms with van der Waals surface area (Å²) in [6.45, 7) is 6.29. The zero-order chi connectivity index (χ0) is 12.3. The number of thiophene rings is 1. The van der Waals surface area contributed by atoms with E-state index in [0.29, 0.717) is 11.7 Å². The third-order valence-corrected chi connectivity index (χ3v) is 4.39. The van der Waals surface area contributed by atoms with Gasteiger partial charge in [0.2, 0.25) is 0 Å². The van der Waals surface area contributed by atoms with Crippen molar-refractivity contribution in [1.29, 1.82) is 0 Å². The van der Waals surface area contributed by atoms with Crippen molar-refractivity contribution < 1.29 is 4.79 Å². The molecule has 1 aliphatic rings. The fourth-order valence-electron chi connectivity index (χ4n) is 2.53. The molecule has 0 aliphatic carbocycles. The van der Waals surface area contributed by atoms with Gasteiger partial charge in [-0.1, -0.05) is 13.8 Å². The van der Waals surface area contributed by atoms with Gasteiger partial charge in [-0.05, 0) is 43.2 Å². The maximum Gasteiger partial charge on any atom is 0.171 e. The summed E-state index contributed by atoms with van der Waals surface area (Å²) in [6.07, 6.45) is 3.15. The number of carbonyl (C=O) groups is 1. The second-order valence-electron chi connectivity index (χ2n) is 5.48. The highest BCUT2D eigenvalue weighted by Gasteiger charge is 2.41. The van der Waals surface area contributed by atoms with Crippen LogP contribution in [0.3, 0.4) is 0 Å². The minimum Gasteiger partial charge on any atom is -0.316 e. The summed E-state index contributed by atoms with van der Waals surface area (Å²) >= 11 is 1.61. The first-order valence-corrected chi connectivity index (χ1v) is 7.36. The normalized spacial score (nSPS) is 24.4. The summed E-state index contributed by atoms with van der Waals surface area (Å²) < 4.78 is 0. The fraction of sp³-hybridized carbons (Fsp3) is 0.643. The molecule has 1 fully saturated rings. The summed E-state index contributed by atoms with van der Waals surface area (Å²) in [4.78, 5) is 12.6. The van der Waals surface area contributed by atoms with Crippen molar-refractivity contribution in [3.8, 4) is 0 Å². The van der Waals surface area contributed by atoms with Crippen LogP contribution in [0.1, 0.15) is 43.5 Å². The molecule has 0 saturated carbocycles. The minimum atomic E-state index is -0.134. The van der Waals surface area contributed by atoms with Crippen molar-refractivity contribution in [3.05, 3.63) is 22.4 Å². The molecule has 0 radical (unpaired) electrons. The number of carbonyl (C=O) groups excluding carboxylic acids is 1. The van der Waals surface area contributed by atoms with Crippen LogP contribution in [0, 0.1) is 11.3 Å². The Morgan fingerprint density at radius 3 is 2.94 bits per heavy atom. The van der Waals surface area contributed by atoms with Gasteiger partial charge in [-0.25, -0.2) is 0 Å². The molecular weight excluding hydrogens is 230 g/mol. The molecule has 1 atom stereocenters. The van der Waals surface area contributed by atoms with Crippen molar-refractivity contribution in [2.75, 3.05) is 13.1 Å². The van der Waals surface area contributed by atoms with Crippen molar-refractivity contribution in [3.63, 3.8) is 0 Å². The molecule has 1 N–H and O–H groups in total. The number of nitrogens with one attached hydrogen (secondary N) is 1. The molecule has 0 spiro atoms. The van der Waals surface area contributed by atoms with Crippen molar-refractivity contribution in [2.24, 2.45) is 11.3 Å². The van der Waals surface area contributed by atoms with Gasteiger partial charge in [-0.15, -0.1) is 0 Å². The standard InChI is InChI=1S/C14H21NOS/c1-11(2)3-5-14(6-7-15-10-14)13(16)12-4-8-17-9-12/h4,8-9,11,15H,3,5-7,10H2,1-2H3. The quantitative estimate of drug-likeness (QED) is 0.813.